The predicted octanol–water partition coefficient (Wildman–Crippen LogP) is -0.225. The zero-order chi connectivity index (χ0) is 12.3. The first-order valence-electron chi connectivity index (χ1n) is 5.10. The van der Waals surface area contributed by atoms with E-state index in [2.05, 4.69) is 5.32 Å². The molecule has 90 valence electrons. The van der Waals surface area contributed by atoms with E-state index in [1.54, 1.807) is 6.92 Å². The number of β-lactam (4-membered cyclic amide) rings is 1. The smallest absolute Gasteiger partial charge is 0.308 e. The van der Waals surface area contributed by atoms with Crippen LogP contribution in [0.4, 0.5) is 0 Å². The Balaban J connectivity index is 2.42. The van der Waals surface area contributed by atoms with E-state index < -0.39 is 17.9 Å². The normalized spacial score (nSPS) is 25.2. The molecule has 0 saturated carbocycles. The van der Waals surface area contributed by atoms with Crippen LogP contribution in [-0.2, 0) is 19.1 Å². The van der Waals surface area contributed by atoms with Crippen LogP contribution in [0, 0.1) is 11.8 Å². The number of hydrogen-bond donors (Lipinski definition) is 2. The zero-order valence-electron chi connectivity index (χ0n) is 9.23. The average Bonchev–Trinajstić information content (AvgIpc) is 2.19. The second kappa shape index (κ2) is 4.96. The summed E-state index contributed by atoms with van der Waals surface area (Å²) in [6.07, 6.45) is 0.369. The zero-order valence-corrected chi connectivity index (χ0v) is 9.23. The minimum Gasteiger partial charge on any atom is -0.481 e. The van der Waals surface area contributed by atoms with Crippen molar-refractivity contribution in [3.05, 3.63) is 0 Å². The van der Waals surface area contributed by atoms with Crippen molar-refractivity contribution in [3.8, 4) is 0 Å². The second-order valence-corrected chi connectivity index (χ2v) is 3.90. The topological polar surface area (TPSA) is 92.7 Å². The van der Waals surface area contributed by atoms with E-state index in [0.717, 1.165) is 0 Å². The lowest BCUT2D eigenvalue weighted by atomic mass is 9.80. The molecule has 1 aliphatic heterocycles. The molecule has 1 rings (SSSR count). The number of ether oxygens (including phenoxy) is 1. The molecule has 0 aliphatic carbocycles. The summed E-state index contributed by atoms with van der Waals surface area (Å²) in [7, 11) is 0. The molecule has 6 heteroatoms. The standard InChI is InChI=1S/C10H15NO5/c1-5(10(14)15)8-7(9(13)11-8)3-4-16-6(2)12/h5,7-8H,3-4H2,1-2H3,(H,11,13)(H,14,15)/t5-,7+,8-/m1/s1. The number of carbonyl (C=O) groups excluding carboxylic acids is 2. The highest BCUT2D eigenvalue weighted by Gasteiger charge is 2.44. The van der Waals surface area contributed by atoms with Gasteiger partial charge in [0.2, 0.25) is 5.91 Å². The number of rotatable bonds is 5. The number of carboxylic acids is 1. The summed E-state index contributed by atoms with van der Waals surface area (Å²) in [5.41, 5.74) is 0. The molecule has 0 unspecified atom stereocenters. The highest BCUT2D eigenvalue weighted by atomic mass is 16.5. The first kappa shape index (κ1) is 12.5. The monoisotopic (exact) mass is 229 g/mol. The third kappa shape index (κ3) is 2.71. The molecule has 0 radical (unpaired) electrons. The van der Waals surface area contributed by atoms with Crippen LogP contribution >= 0.6 is 0 Å². The van der Waals surface area contributed by atoms with Crippen LogP contribution in [0.3, 0.4) is 0 Å². The molecule has 1 aliphatic rings. The Bertz CT molecular complexity index is 314. The third-order valence-electron chi connectivity index (χ3n) is 2.74. The summed E-state index contributed by atoms with van der Waals surface area (Å²) in [5, 5.41) is 11.4. The van der Waals surface area contributed by atoms with Gasteiger partial charge in [-0.15, -0.1) is 0 Å². The van der Waals surface area contributed by atoms with Crippen molar-refractivity contribution in [2.45, 2.75) is 26.3 Å². The van der Waals surface area contributed by atoms with Crippen LogP contribution in [0.2, 0.25) is 0 Å². The number of amides is 1. The van der Waals surface area contributed by atoms with Gasteiger partial charge in [0.1, 0.15) is 0 Å². The molecular formula is C10H15NO5. The number of hydrogen-bond acceptors (Lipinski definition) is 4. The molecule has 1 amide bonds. The van der Waals surface area contributed by atoms with Gasteiger partial charge in [-0.25, -0.2) is 0 Å². The summed E-state index contributed by atoms with van der Waals surface area (Å²) in [5.74, 6) is -2.51. The van der Waals surface area contributed by atoms with Gasteiger partial charge >= 0.3 is 11.9 Å². The van der Waals surface area contributed by atoms with Gasteiger partial charge in [-0.05, 0) is 13.3 Å². The molecule has 2 N–H and O–H groups in total. The van der Waals surface area contributed by atoms with Crippen molar-refractivity contribution >= 4 is 17.8 Å². The fourth-order valence-corrected chi connectivity index (χ4v) is 1.71. The molecule has 6 nitrogen and oxygen atoms in total. The van der Waals surface area contributed by atoms with E-state index in [9.17, 15) is 14.4 Å². The fourth-order valence-electron chi connectivity index (χ4n) is 1.71. The Morgan fingerprint density at radius 3 is 2.62 bits per heavy atom. The van der Waals surface area contributed by atoms with Crippen molar-refractivity contribution in [2.24, 2.45) is 11.8 Å². The summed E-state index contributed by atoms with van der Waals surface area (Å²) < 4.78 is 4.72. The lowest BCUT2D eigenvalue weighted by Crippen LogP contribution is -2.62. The van der Waals surface area contributed by atoms with Crippen LogP contribution in [0.15, 0.2) is 0 Å². The summed E-state index contributed by atoms with van der Waals surface area (Å²) >= 11 is 0. The minimum atomic E-state index is -0.942. The van der Waals surface area contributed by atoms with Crippen LogP contribution < -0.4 is 5.32 Å². The van der Waals surface area contributed by atoms with Crippen LogP contribution in [0.5, 0.6) is 0 Å². The molecule has 0 spiro atoms. The van der Waals surface area contributed by atoms with Gasteiger partial charge in [-0.2, -0.15) is 0 Å². The van der Waals surface area contributed by atoms with Gasteiger partial charge in [-0.1, -0.05) is 0 Å². The highest BCUT2D eigenvalue weighted by Crippen LogP contribution is 2.25. The van der Waals surface area contributed by atoms with E-state index >= 15 is 0 Å². The van der Waals surface area contributed by atoms with E-state index in [0.29, 0.717) is 6.42 Å². The van der Waals surface area contributed by atoms with Gasteiger partial charge < -0.3 is 15.2 Å². The van der Waals surface area contributed by atoms with Gasteiger partial charge in [0.25, 0.3) is 0 Å². The molecule has 1 heterocycles. The molecule has 0 aromatic carbocycles. The molecule has 0 bridgehead atoms. The summed E-state index contributed by atoms with van der Waals surface area (Å²) in [4.78, 5) is 32.5. The van der Waals surface area contributed by atoms with Crippen molar-refractivity contribution in [2.75, 3.05) is 6.61 Å². The Labute approximate surface area is 93.0 Å². The Morgan fingerprint density at radius 1 is 1.56 bits per heavy atom. The molecule has 3 atom stereocenters. The fraction of sp³-hybridized carbons (Fsp3) is 0.700. The van der Waals surface area contributed by atoms with Crippen molar-refractivity contribution in [1.82, 2.24) is 5.32 Å². The van der Waals surface area contributed by atoms with E-state index in [1.807, 2.05) is 0 Å². The number of carboxylic acid groups (broad SMARTS) is 1. The van der Waals surface area contributed by atoms with Crippen LogP contribution in [-0.4, -0.2) is 35.6 Å². The maximum Gasteiger partial charge on any atom is 0.308 e. The Morgan fingerprint density at radius 2 is 2.19 bits per heavy atom. The highest BCUT2D eigenvalue weighted by molar-refractivity contribution is 5.88. The van der Waals surface area contributed by atoms with Crippen molar-refractivity contribution in [3.63, 3.8) is 0 Å². The van der Waals surface area contributed by atoms with Gasteiger partial charge in [0.15, 0.2) is 0 Å². The summed E-state index contributed by atoms with van der Waals surface area (Å²) in [6.45, 7) is 2.99. The average molecular weight is 229 g/mol. The quantitative estimate of drug-likeness (QED) is 0.502. The Hall–Kier alpha value is -1.59. The number of nitrogens with one attached hydrogen (secondary N) is 1. The third-order valence-corrected chi connectivity index (χ3v) is 2.74. The molecule has 0 aromatic heterocycles. The van der Waals surface area contributed by atoms with Gasteiger partial charge in [-0.3, -0.25) is 14.4 Å². The second-order valence-electron chi connectivity index (χ2n) is 3.90. The molecule has 16 heavy (non-hydrogen) atoms. The number of aliphatic carboxylic acids is 1. The largest absolute Gasteiger partial charge is 0.481 e. The molecule has 1 saturated heterocycles. The molecule has 0 aromatic rings. The first-order chi connectivity index (χ1) is 7.43. The van der Waals surface area contributed by atoms with Gasteiger partial charge in [0.05, 0.1) is 24.5 Å². The lowest BCUT2D eigenvalue weighted by Gasteiger charge is -2.39. The van der Waals surface area contributed by atoms with E-state index in [-0.39, 0.29) is 24.5 Å². The van der Waals surface area contributed by atoms with Crippen molar-refractivity contribution in [1.29, 1.82) is 0 Å². The number of carbonyl (C=O) groups is 3. The number of esters is 1. The summed E-state index contributed by atoms with van der Waals surface area (Å²) in [6, 6.07) is -0.361. The Kier molecular flexibility index (Phi) is 3.87. The van der Waals surface area contributed by atoms with E-state index in [4.69, 9.17) is 9.84 Å². The van der Waals surface area contributed by atoms with E-state index in [1.165, 1.54) is 6.92 Å². The molecular weight excluding hydrogens is 214 g/mol. The SMILES string of the molecule is CC(=O)OCC[C@@H]1C(=O)N[C@@H]1[C@@H](C)C(=O)O. The lowest BCUT2D eigenvalue weighted by molar-refractivity contribution is -0.151. The van der Waals surface area contributed by atoms with Crippen LogP contribution in [0.1, 0.15) is 20.3 Å². The van der Waals surface area contributed by atoms with Crippen molar-refractivity contribution < 1.29 is 24.2 Å². The van der Waals surface area contributed by atoms with Gasteiger partial charge in [0, 0.05) is 6.92 Å². The predicted molar refractivity (Wildman–Crippen MR) is 53.5 cm³/mol. The molecule has 1 fully saturated rings. The minimum absolute atomic E-state index is 0.149. The van der Waals surface area contributed by atoms with Crippen LogP contribution in [0.25, 0.3) is 0 Å². The first-order valence-corrected chi connectivity index (χ1v) is 5.10. The maximum atomic E-state index is 11.2. The maximum absolute atomic E-state index is 11.2.